The van der Waals surface area contributed by atoms with Gasteiger partial charge in [0.05, 0.1) is 6.04 Å². The van der Waals surface area contributed by atoms with Crippen LogP contribution < -0.4 is 5.73 Å². The lowest BCUT2D eigenvalue weighted by Gasteiger charge is -2.20. The smallest absolute Gasteiger partial charge is 0.239 e. The Morgan fingerprint density at radius 2 is 2.07 bits per heavy atom. The third kappa shape index (κ3) is 2.07. The molecule has 0 aromatic heterocycles. The number of nitrogens with zero attached hydrogens (tertiary/aromatic N) is 1. The van der Waals surface area contributed by atoms with Gasteiger partial charge in [-0.1, -0.05) is 12.5 Å². The van der Waals surface area contributed by atoms with E-state index in [-0.39, 0.29) is 11.9 Å². The van der Waals surface area contributed by atoms with E-state index in [2.05, 4.69) is 6.58 Å². The maximum Gasteiger partial charge on any atom is 0.239 e. The van der Waals surface area contributed by atoms with Gasteiger partial charge in [-0.2, -0.15) is 0 Å². The van der Waals surface area contributed by atoms with Crippen molar-refractivity contribution in [1.29, 1.82) is 0 Å². The molecule has 2 fully saturated rings. The highest BCUT2D eigenvalue weighted by Gasteiger charge is 2.38. The summed E-state index contributed by atoms with van der Waals surface area (Å²) in [5.41, 5.74) is 5.80. The van der Waals surface area contributed by atoms with E-state index in [1.54, 1.807) is 6.08 Å². The van der Waals surface area contributed by atoms with Crippen LogP contribution in [0.15, 0.2) is 12.7 Å². The summed E-state index contributed by atoms with van der Waals surface area (Å²) in [7, 11) is 0. The summed E-state index contributed by atoms with van der Waals surface area (Å²) in [4.78, 5) is 13.9. The molecule has 84 valence electrons. The van der Waals surface area contributed by atoms with Crippen LogP contribution in [0.3, 0.4) is 0 Å². The number of carbonyl (C=O) groups is 1. The Morgan fingerprint density at radius 3 is 2.60 bits per heavy atom. The van der Waals surface area contributed by atoms with Crippen molar-refractivity contribution >= 4 is 5.91 Å². The van der Waals surface area contributed by atoms with Crippen LogP contribution >= 0.6 is 0 Å². The van der Waals surface area contributed by atoms with Crippen LogP contribution in [0.2, 0.25) is 0 Å². The van der Waals surface area contributed by atoms with Crippen molar-refractivity contribution in [3.05, 3.63) is 12.7 Å². The van der Waals surface area contributed by atoms with Crippen LogP contribution in [0.25, 0.3) is 0 Å². The van der Waals surface area contributed by atoms with Gasteiger partial charge in [-0.15, -0.1) is 6.58 Å². The molecule has 1 heterocycles. The molecule has 0 aromatic carbocycles. The van der Waals surface area contributed by atoms with Crippen LogP contribution in [0, 0.1) is 11.8 Å². The van der Waals surface area contributed by atoms with Crippen LogP contribution in [-0.2, 0) is 4.79 Å². The minimum Gasteiger partial charge on any atom is -0.341 e. The number of hydrogen-bond acceptors (Lipinski definition) is 2. The fourth-order valence-electron chi connectivity index (χ4n) is 2.93. The minimum atomic E-state index is -0.374. The Bertz CT molecular complexity index is 252. The average molecular weight is 208 g/mol. The van der Waals surface area contributed by atoms with Crippen molar-refractivity contribution in [2.45, 2.75) is 31.7 Å². The van der Waals surface area contributed by atoms with Gasteiger partial charge >= 0.3 is 0 Å². The molecular weight excluding hydrogens is 188 g/mol. The molecule has 15 heavy (non-hydrogen) atoms. The maximum absolute atomic E-state index is 11.9. The lowest BCUT2D eigenvalue weighted by Crippen LogP contribution is -2.42. The Balaban J connectivity index is 1.90. The molecule has 2 aliphatic rings. The monoisotopic (exact) mass is 208 g/mol. The molecule has 1 aliphatic carbocycles. The summed E-state index contributed by atoms with van der Waals surface area (Å²) in [6.45, 7) is 5.49. The minimum absolute atomic E-state index is 0.115. The van der Waals surface area contributed by atoms with Crippen LogP contribution in [0.1, 0.15) is 25.7 Å². The Hall–Kier alpha value is -0.830. The normalized spacial score (nSPS) is 31.4. The first kappa shape index (κ1) is 10.7. The van der Waals surface area contributed by atoms with Crippen molar-refractivity contribution in [1.82, 2.24) is 4.90 Å². The SMILES string of the molecule is C=CCC(N)C(=O)N1CC2CCCC2C1. The quantitative estimate of drug-likeness (QED) is 0.707. The molecule has 2 rings (SSSR count). The third-order valence-electron chi connectivity index (χ3n) is 3.78. The molecule has 0 bridgehead atoms. The van der Waals surface area contributed by atoms with Gasteiger partial charge in [-0.3, -0.25) is 4.79 Å². The second-order valence-corrected chi connectivity index (χ2v) is 4.83. The first-order valence-corrected chi connectivity index (χ1v) is 5.87. The second-order valence-electron chi connectivity index (χ2n) is 4.83. The largest absolute Gasteiger partial charge is 0.341 e. The summed E-state index contributed by atoms with van der Waals surface area (Å²) in [6, 6.07) is -0.374. The standard InChI is InChI=1S/C12H20N2O/c1-2-4-11(13)12(15)14-7-9-5-3-6-10(9)8-14/h2,9-11H,1,3-8,13H2. The lowest BCUT2D eigenvalue weighted by atomic mass is 10.0. The summed E-state index contributed by atoms with van der Waals surface area (Å²) < 4.78 is 0. The van der Waals surface area contributed by atoms with Crippen molar-refractivity contribution in [3.63, 3.8) is 0 Å². The van der Waals surface area contributed by atoms with Crippen LogP contribution in [-0.4, -0.2) is 29.9 Å². The molecule has 2 N–H and O–H groups in total. The molecule has 1 amide bonds. The molecule has 3 nitrogen and oxygen atoms in total. The van der Waals surface area contributed by atoms with Crippen molar-refractivity contribution in [2.24, 2.45) is 17.6 Å². The maximum atomic E-state index is 11.9. The Kier molecular flexibility index (Phi) is 3.10. The van der Waals surface area contributed by atoms with Crippen molar-refractivity contribution in [3.8, 4) is 0 Å². The zero-order valence-corrected chi connectivity index (χ0v) is 9.19. The van der Waals surface area contributed by atoms with Crippen molar-refractivity contribution < 1.29 is 4.79 Å². The molecular formula is C12H20N2O. The molecule has 1 saturated heterocycles. The molecule has 1 aliphatic heterocycles. The number of amides is 1. The number of carbonyl (C=O) groups excluding carboxylic acids is 1. The fourth-order valence-corrected chi connectivity index (χ4v) is 2.93. The summed E-state index contributed by atoms with van der Waals surface area (Å²) >= 11 is 0. The molecule has 0 spiro atoms. The molecule has 3 unspecified atom stereocenters. The molecule has 3 heteroatoms. The van der Waals surface area contributed by atoms with Gasteiger partial charge in [0.2, 0.25) is 5.91 Å². The van der Waals surface area contributed by atoms with E-state index in [0.717, 1.165) is 24.9 Å². The third-order valence-corrected chi connectivity index (χ3v) is 3.78. The highest BCUT2D eigenvalue weighted by atomic mass is 16.2. The van der Waals surface area contributed by atoms with Crippen LogP contribution in [0.4, 0.5) is 0 Å². The molecule has 0 aromatic rings. The number of nitrogens with two attached hydrogens (primary N) is 1. The second kappa shape index (κ2) is 4.35. The van der Waals surface area contributed by atoms with E-state index in [4.69, 9.17) is 5.73 Å². The lowest BCUT2D eigenvalue weighted by molar-refractivity contribution is -0.131. The fraction of sp³-hybridized carbons (Fsp3) is 0.750. The summed E-state index contributed by atoms with van der Waals surface area (Å²) in [5.74, 6) is 1.62. The predicted octanol–water partition coefficient (Wildman–Crippen LogP) is 1.15. The van der Waals surface area contributed by atoms with Gasteiger partial charge in [-0.25, -0.2) is 0 Å². The van der Waals surface area contributed by atoms with E-state index in [0.29, 0.717) is 6.42 Å². The van der Waals surface area contributed by atoms with E-state index in [1.807, 2.05) is 4.90 Å². The number of fused-ring (bicyclic) bond motifs is 1. The zero-order chi connectivity index (χ0) is 10.8. The number of likely N-dealkylation sites (tertiary alicyclic amines) is 1. The highest BCUT2D eigenvalue weighted by molar-refractivity contribution is 5.82. The van der Waals surface area contributed by atoms with Crippen molar-refractivity contribution in [2.75, 3.05) is 13.1 Å². The molecule has 1 saturated carbocycles. The predicted molar refractivity (Wildman–Crippen MR) is 60.2 cm³/mol. The van der Waals surface area contributed by atoms with Gasteiger partial charge in [-0.05, 0) is 31.1 Å². The van der Waals surface area contributed by atoms with Gasteiger partial charge in [0, 0.05) is 13.1 Å². The molecule has 0 radical (unpaired) electrons. The van der Waals surface area contributed by atoms with Gasteiger partial charge in [0.1, 0.15) is 0 Å². The first-order chi connectivity index (χ1) is 7.22. The number of rotatable bonds is 3. The topological polar surface area (TPSA) is 46.3 Å². The summed E-state index contributed by atoms with van der Waals surface area (Å²) in [5, 5.41) is 0. The molecule has 3 atom stereocenters. The van der Waals surface area contributed by atoms with E-state index < -0.39 is 0 Å². The van der Waals surface area contributed by atoms with Gasteiger partial charge in [0.25, 0.3) is 0 Å². The van der Waals surface area contributed by atoms with E-state index in [9.17, 15) is 4.79 Å². The van der Waals surface area contributed by atoms with E-state index >= 15 is 0 Å². The first-order valence-electron chi connectivity index (χ1n) is 5.87. The Labute approximate surface area is 91.3 Å². The highest BCUT2D eigenvalue weighted by Crippen LogP contribution is 2.37. The zero-order valence-electron chi connectivity index (χ0n) is 9.19. The van der Waals surface area contributed by atoms with Gasteiger partial charge in [0.15, 0.2) is 0 Å². The summed E-state index contributed by atoms with van der Waals surface area (Å²) in [6.07, 6.45) is 6.25. The van der Waals surface area contributed by atoms with E-state index in [1.165, 1.54) is 19.3 Å². The van der Waals surface area contributed by atoms with Crippen LogP contribution in [0.5, 0.6) is 0 Å². The van der Waals surface area contributed by atoms with Gasteiger partial charge < -0.3 is 10.6 Å². The number of hydrogen-bond donors (Lipinski definition) is 1. The average Bonchev–Trinajstić information content (AvgIpc) is 2.75. The Morgan fingerprint density at radius 1 is 1.47 bits per heavy atom.